The maximum atomic E-state index is 15.0. The van der Waals surface area contributed by atoms with Crippen LogP contribution in [-0.2, 0) is 13.6 Å². The van der Waals surface area contributed by atoms with Gasteiger partial charge in [-0.25, -0.2) is 9.37 Å². The summed E-state index contributed by atoms with van der Waals surface area (Å²) in [4.78, 5) is 16.6. The predicted molar refractivity (Wildman–Crippen MR) is 91.4 cm³/mol. The molecule has 1 aliphatic carbocycles. The average Bonchev–Trinajstić information content (AvgIpc) is 3.19. The monoisotopic (exact) mass is 344 g/mol. The highest BCUT2D eigenvalue weighted by Crippen LogP contribution is 2.33. The molecule has 2 aromatic rings. The van der Waals surface area contributed by atoms with Crippen LogP contribution in [0.25, 0.3) is 11.3 Å². The summed E-state index contributed by atoms with van der Waals surface area (Å²) >= 11 is 0. The first-order chi connectivity index (χ1) is 12.0. The number of carbonyl (C=O) groups excluding carboxylic acids is 1. The Morgan fingerprint density at radius 3 is 2.92 bits per heavy atom. The van der Waals surface area contributed by atoms with E-state index >= 15 is 0 Å². The number of amides is 1. The predicted octanol–water partition coefficient (Wildman–Crippen LogP) is 1.55. The van der Waals surface area contributed by atoms with Crippen molar-refractivity contribution < 1.29 is 9.18 Å². The van der Waals surface area contributed by atoms with Crippen molar-refractivity contribution in [2.24, 2.45) is 12.8 Å². The van der Waals surface area contributed by atoms with Gasteiger partial charge in [-0.3, -0.25) is 9.48 Å². The van der Waals surface area contributed by atoms with Crippen LogP contribution in [0.4, 0.5) is 10.2 Å². The molecule has 0 radical (unpaired) electrons. The van der Waals surface area contributed by atoms with Gasteiger partial charge >= 0.3 is 0 Å². The van der Waals surface area contributed by atoms with E-state index < -0.39 is 5.82 Å². The number of rotatable bonds is 3. The second-order valence-electron chi connectivity index (χ2n) is 6.76. The number of hydrogen-bond acceptors (Lipinski definition) is 5. The van der Waals surface area contributed by atoms with E-state index in [0.717, 1.165) is 25.7 Å². The van der Waals surface area contributed by atoms with Crippen LogP contribution in [0.15, 0.2) is 12.4 Å². The van der Waals surface area contributed by atoms with Crippen molar-refractivity contribution in [2.45, 2.75) is 44.3 Å². The zero-order chi connectivity index (χ0) is 17.6. The summed E-state index contributed by atoms with van der Waals surface area (Å²) in [5.41, 5.74) is 7.96. The van der Waals surface area contributed by atoms with E-state index in [0.29, 0.717) is 22.4 Å². The summed E-state index contributed by atoms with van der Waals surface area (Å²) in [5, 5.41) is 10.0. The first kappa shape index (κ1) is 16.0. The van der Waals surface area contributed by atoms with Crippen molar-refractivity contribution >= 4 is 11.7 Å². The molecule has 0 bridgehead atoms. The average molecular weight is 344 g/mol. The third-order valence-electron chi connectivity index (χ3n) is 5.01. The molecule has 2 aliphatic rings. The normalized spacial score (nSPS) is 22.6. The molecule has 7 nitrogen and oxygen atoms in total. The Bertz CT molecular complexity index is 833. The fraction of sp³-hybridized carbons (Fsp3) is 0.471. The fourth-order valence-electron chi connectivity index (χ4n) is 3.64. The number of fused-ring (bicyclic) bond motifs is 1. The van der Waals surface area contributed by atoms with Crippen LogP contribution in [0.5, 0.6) is 0 Å². The van der Waals surface area contributed by atoms with Gasteiger partial charge in [-0.2, -0.15) is 5.10 Å². The fourth-order valence-corrected chi connectivity index (χ4v) is 3.64. The van der Waals surface area contributed by atoms with Crippen molar-refractivity contribution in [3.8, 4) is 11.3 Å². The van der Waals surface area contributed by atoms with Gasteiger partial charge in [0.2, 0.25) is 0 Å². The molecule has 1 amide bonds. The van der Waals surface area contributed by atoms with Gasteiger partial charge in [0.25, 0.3) is 5.91 Å². The van der Waals surface area contributed by atoms with E-state index in [9.17, 15) is 9.18 Å². The van der Waals surface area contributed by atoms with Gasteiger partial charge in [-0.05, 0) is 12.8 Å². The number of nitrogens with one attached hydrogen (secondary N) is 2. The number of hydrogen-bond donors (Lipinski definition) is 3. The molecule has 25 heavy (non-hydrogen) atoms. The number of aromatic nitrogens is 3. The van der Waals surface area contributed by atoms with Crippen molar-refractivity contribution in [2.75, 3.05) is 5.32 Å². The van der Waals surface area contributed by atoms with Gasteiger partial charge in [0.05, 0.1) is 17.5 Å². The molecule has 2 aromatic heterocycles. The van der Waals surface area contributed by atoms with Crippen LogP contribution >= 0.6 is 0 Å². The number of nitrogens with zero attached hydrogens (tertiary/aromatic N) is 3. The lowest BCUT2D eigenvalue weighted by atomic mass is 9.91. The molecular formula is C17H21FN6O. The lowest BCUT2D eigenvalue weighted by molar-refractivity contribution is 0.0966. The Morgan fingerprint density at radius 2 is 2.20 bits per heavy atom. The van der Waals surface area contributed by atoms with E-state index in [1.807, 2.05) is 0 Å². The number of carbonyl (C=O) groups is 1. The molecule has 2 unspecified atom stereocenters. The van der Waals surface area contributed by atoms with Crippen LogP contribution in [0.1, 0.15) is 41.6 Å². The van der Waals surface area contributed by atoms with Gasteiger partial charge in [0, 0.05) is 43.0 Å². The molecule has 0 aromatic carbocycles. The summed E-state index contributed by atoms with van der Waals surface area (Å²) in [6, 6.07) is -0.0367. The minimum atomic E-state index is -0.473. The van der Waals surface area contributed by atoms with Gasteiger partial charge < -0.3 is 16.4 Å². The first-order valence-electron chi connectivity index (χ1n) is 8.56. The Labute approximate surface area is 144 Å². The van der Waals surface area contributed by atoms with Crippen molar-refractivity contribution in [3.05, 3.63) is 29.3 Å². The van der Waals surface area contributed by atoms with Gasteiger partial charge in [-0.15, -0.1) is 0 Å². The summed E-state index contributed by atoms with van der Waals surface area (Å²) in [6.45, 7) is 0.168. The van der Waals surface area contributed by atoms with Gasteiger partial charge in [0.1, 0.15) is 0 Å². The number of halogens is 1. The van der Waals surface area contributed by atoms with Crippen molar-refractivity contribution in [3.63, 3.8) is 0 Å². The molecule has 0 spiro atoms. The maximum absolute atomic E-state index is 15.0. The largest absolute Gasteiger partial charge is 0.363 e. The van der Waals surface area contributed by atoms with Crippen LogP contribution in [0.2, 0.25) is 0 Å². The van der Waals surface area contributed by atoms with Crippen molar-refractivity contribution in [1.29, 1.82) is 0 Å². The standard InChI is InChI=1S/C17H21FN6O/c1-24-8-9(6-21-24)15-13-10(7-20-17(13)25)14(18)16(23-15)22-12-5-3-2-4-11(12)19/h6,8,11-12H,2-5,7,19H2,1H3,(H,20,25)(H,22,23). The number of anilines is 1. The second-order valence-corrected chi connectivity index (χ2v) is 6.76. The lowest BCUT2D eigenvalue weighted by Crippen LogP contribution is -2.43. The highest BCUT2D eigenvalue weighted by molar-refractivity contribution is 6.04. The van der Waals surface area contributed by atoms with Gasteiger partial charge in [-0.1, -0.05) is 12.8 Å². The minimum absolute atomic E-state index is 0.0133. The van der Waals surface area contributed by atoms with Crippen molar-refractivity contribution in [1.82, 2.24) is 20.1 Å². The maximum Gasteiger partial charge on any atom is 0.254 e. The minimum Gasteiger partial charge on any atom is -0.363 e. The lowest BCUT2D eigenvalue weighted by Gasteiger charge is -2.30. The van der Waals surface area contributed by atoms with E-state index in [2.05, 4.69) is 20.7 Å². The molecule has 1 saturated carbocycles. The highest BCUT2D eigenvalue weighted by atomic mass is 19.1. The van der Waals surface area contributed by atoms with Crippen LogP contribution in [0.3, 0.4) is 0 Å². The molecular weight excluding hydrogens is 323 g/mol. The zero-order valence-corrected chi connectivity index (χ0v) is 14.1. The molecule has 132 valence electrons. The molecule has 0 saturated heterocycles. The molecule has 1 aliphatic heterocycles. The van der Waals surface area contributed by atoms with Crippen LogP contribution in [0, 0.1) is 5.82 Å². The first-order valence-corrected chi connectivity index (χ1v) is 8.56. The summed E-state index contributed by atoms with van der Waals surface area (Å²) in [5.74, 6) is -0.614. The molecule has 8 heteroatoms. The molecule has 4 N–H and O–H groups in total. The summed E-state index contributed by atoms with van der Waals surface area (Å²) < 4.78 is 16.6. The van der Waals surface area contributed by atoms with Gasteiger partial charge in [0.15, 0.2) is 11.6 Å². The Hall–Kier alpha value is -2.48. The molecule has 1 fully saturated rings. The van der Waals surface area contributed by atoms with E-state index in [1.165, 1.54) is 0 Å². The Kier molecular flexibility index (Phi) is 3.91. The van der Waals surface area contributed by atoms with E-state index in [4.69, 9.17) is 5.73 Å². The zero-order valence-electron chi connectivity index (χ0n) is 14.1. The quantitative estimate of drug-likeness (QED) is 0.785. The smallest absolute Gasteiger partial charge is 0.254 e. The SMILES string of the molecule is Cn1cc(-c2nc(NC3CCCCC3N)c(F)c3c2C(=O)NC3)cn1. The number of nitrogens with two attached hydrogens (primary N) is 1. The van der Waals surface area contributed by atoms with Crippen LogP contribution in [-0.4, -0.2) is 32.8 Å². The van der Waals surface area contributed by atoms with E-state index in [-0.39, 0.29) is 30.4 Å². The Balaban J connectivity index is 1.79. The Morgan fingerprint density at radius 1 is 1.40 bits per heavy atom. The highest BCUT2D eigenvalue weighted by Gasteiger charge is 2.32. The molecule has 2 atom stereocenters. The summed E-state index contributed by atoms with van der Waals surface area (Å²) in [7, 11) is 1.79. The molecule has 4 rings (SSSR count). The third-order valence-corrected chi connectivity index (χ3v) is 5.01. The van der Waals surface area contributed by atoms with E-state index in [1.54, 1.807) is 24.1 Å². The number of aryl methyl sites for hydroxylation is 1. The second kappa shape index (κ2) is 6.11. The molecule has 3 heterocycles. The number of pyridine rings is 1. The van der Waals surface area contributed by atoms with Crippen LogP contribution < -0.4 is 16.4 Å². The third kappa shape index (κ3) is 2.76. The topological polar surface area (TPSA) is 97.9 Å². The summed E-state index contributed by atoms with van der Waals surface area (Å²) in [6.07, 6.45) is 7.36.